The third-order valence-electron chi connectivity index (χ3n) is 2.53. The summed E-state index contributed by atoms with van der Waals surface area (Å²) in [5.41, 5.74) is 0. The topological polar surface area (TPSA) is 38.3 Å². The average molecular weight is 375 g/mol. The fourth-order valence-corrected chi connectivity index (χ4v) is 3.07. The van der Waals surface area contributed by atoms with Crippen LogP contribution < -0.4 is 10.1 Å². The van der Waals surface area contributed by atoms with Crippen molar-refractivity contribution in [1.29, 1.82) is 0 Å². The SMILES string of the molecule is O=C(COc1ccc(Cl)cc1Br)NCCc1cccs1. The number of amides is 1. The molecular weight excluding hydrogens is 362 g/mol. The molecule has 1 aromatic heterocycles. The molecule has 0 aliphatic carbocycles. The Kier molecular flexibility index (Phi) is 5.88. The summed E-state index contributed by atoms with van der Waals surface area (Å²) in [4.78, 5) is 12.9. The summed E-state index contributed by atoms with van der Waals surface area (Å²) in [6.45, 7) is 0.606. The zero-order chi connectivity index (χ0) is 14.4. The molecule has 6 heteroatoms. The Labute approximate surface area is 135 Å². The molecule has 0 spiro atoms. The van der Waals surface area contributed by atoms with E-state index in [0.717, 1.165) is 10.9 Å². The smallest absolute Gasteiger partial charge is 0.257 e. The maximum Gasteiger partial charge on any atom is 0.257 e. The Morgan fingerprint density at radius 2 is 2.25 bits per heavy atom. The van der Waals surface area contributed by atoms with Crippen LogP contribution in [0.5, 0.6) is 5.75 Å². The van der Waals surface area contributed by atoms with E-state index >= 15 is 0 Å². The van der Waals surface area contributed by atoms with Crippen LogP contribution in [0, 0.1) is 0 Å². The number of thiophene rings is 1. The van der Waals surface area contributed by atoms with Crippen molar-refractivity contribution in [2.75, 3.05) is 13.2 Å². The molecule has 0 aliphatic heterocycles. The van der Waals surface area contributed by atoms with Gasteiger partial charge in [-0.3, -0.25) is 4.79 Å². The van der Waals surface area contributed by atoms with Crippen LogP contribution in [0.3, 0.4) is 0 Å². The van der Waals surface area contributed by atoms with Gasteiger partial charge in [-0.1, -0.05) is 17.7 Å². The molecule has 0 fully saturated rings. The van der Waals surface area contributed by atoms with E-state index in [-0.39, 0.29) is 12.5 Å². The number of carbonyl (C=O) groups excluding carboxylic acids is 1. The Morgan fingerprint density at radius 1 is 1.40 bits per heavy atom. The van der Waals surface area contributed by atoms with Gasteiger partial charge >= 0.3 is 0 Å². The molecule has 0 saturated carbocycles. The minimum Gasteiger partial charge on any atom is -0.483 e. The number of ether oxygens (including phenoxy) is 1. The highest BCUT2D eigenvalue weighted by molar-refractivity contribution is 9.10. The predicted octanol–water partition coefficient (Wildman–Crippen LogP) is 3.90. The Hall–Kier alpha value is -1.04. The van der Waals surface area contributed by atoms with E-state index in [2.05, 4.69) is 27.3 Å². The molecule has 0 unspecified atom stereocenters. The van der Waals surface area contributed by atoms with E-state index in [1.807, 2.05) is 11.4 Å². The third-order valence-corrected chi connectivity index (χ3v) is 4.32. The van der Waals surface area contributed by atoms with Crippen LogP contribution in [-0.2, 0) is 11.2 Å². The zero-order valence-corrected chi connectivity index (χ0v) is 13.7. The second-order valence-corrected chi connectivity index (χ2v) is 6.37. The lowest BCUT2D eigenvalue weighted by atomic mass is 10.3. The minimum absolute atomic E-state index is 0.00925. The molecule has 1 heterocycles. The minimum atomic E-state index is -0.136. The molecule has 2 aromatic rings. The van der Waals surface area contributed by atoms with Crippen LogP contribution in [0.4, 0.5) is 0 Å². The van der Waals surface area contributed by atoms with Gasteiger partial charge in [-0.05, 0) is 52.0 Å². The van der Waals surface area contributed by atoms with Crippen molar-refractivity contribution >= 4 is 44.8 Å². The predicted molar refractivity (Wildman–Crippen MR) is 85.7 cm³/mol. The summed E-state index contributed by atoms with van der Waals surface area (Å²) in [6, 6.07) is 9.23. The third kappa shape index (κ3) is 4.81. The summed E-state index contributed by atoms with van der Waals surface area (Å²) in [6.07, 6.45) is 0.841. The first kappa shape index (κ1) is 15.4. The van der Waals surface area contributed by atoms with Crippen molar-refractivity contribution in [1.82, 2.24) is 5.32 Å². The van der Waals surface area contributed by atoms with E-state index in [1.165, 1.54) is 4.88 Å². The summed E-state index contributed by atoms with van der Waals surface area (Å²) in [5, 5.41) is 5.46. The summed E-state index contributed by atoms with van der Waals surface area (Å²) >= 11 is 10.9. The normalized spacial score (nSPS) is 10.3. The Balaban J connectivity index is 1.72. The van der Waals surface area contributed by atoms with Crippen molar-refractivity contribution in [2.24, 2.45) is 0 Å². The zero-order valence-electron chi connectivity index (χ0n) is 10.6. The van der Waals surface area contributed by atoms with Gasteiger partial charge in [0, 0.05) is 16.4 Å². The standard InChI is InChI=1S/C14H13BrClNO2S/c15-12-8-10(16)3-4-13(12)19-9-14(18)17-6-5-11-2-1-7-20-11/h1-4,7-8H,5-6,9H2,(H,17,18). The largest absolute Gasteiger partial charge is 0.483 e. The first-order valence-corrected chi connectivity index (χ1v) is 8.07. The molecule has 0 bridgehead atoms. The maximum absolute atomic E-state index is 11.6. The highest BCUT2D eigenvalue weighted by atomic mass is 79.9. The van der Waals surface area contributed by atoms with Crippen molar-refractivity contribution < 1.29 is 9.53 Å². The van der Waals surface area contributed by atoms with E-state index in [4.69, 9.17) is 16.3 Å². The summed E-state index contributed by atoms with van der Waals surface area (Å²) in [7, 11) is 0. The fourth-order valence-electron chi connectivity index (χ4n) is 1.57. The van der Waals surface area contributed by atoms with E-state index < -0.39 is 0 Å². The van der Waals surface area contributed by atoms with Crippen LogP contribution in [0.1, 0.15) is 4.88 Å². The highest BCUT2D eigenvalue weighted by Crippen LogP contribution is 2.27. The van der Waals surface area contributed by atoms with Crippen molar-refractivity contribution in [2.45, 2.75) is 6.42 Å². The lowest BCUT2D eigenvalue weighted by Gasteiger charge is -2.08. The van der Waals surface area contributed by atoms with Gasteiger partial charge in [0.2, 0.25) is 0 Å². The van der Waals surface area contributed by atoms with Crippen molar-refractivity contribution in [3.8, 4) is 5.75 Å². The second-order valence-electron chi connectivity index (χ2n) is 4.04. The number of halogens is 2. The van der Waals surface area contributed by atoms with Gasteiger partial charge in [0.15, 0.2) is 6.61 Å². The van der Waals surface area contributed by atoms with Gasteiger partial charge < -0.3 is 10.1 Å². The van der Waals surface area contributed by atoms with Crippen LogP contribution >= 0.6 is 38.9 Å². The number of nitrogens with one attached hydrogen (secondary N) is 1. The Bertz CT molecular complexity index is 575. The molecule has 106 valence electrons. The highest BCUT2D eigenvalue weighted by Gasteiger charge is 2.06. The molecular formula is C14H13BrClNO2S. The first-order chi connectivity index (χ1) is 9.65. The molecule has 1 N–H and O–H groups in total. The van der Waals surface area contributed by atoms with Crippen LogP contribution in [0.15, 0.2) is 40.2 Å². The molecule has 1 aromatic carbocycles. The first-order valence-electron chi connectivity index (χ1n) is 6.02. The van der Waals surface area contributed by atoms with Gasteiger partial charge in [-0.2, -0.15) is 0 Å². The second kappa shape index (κ2) is 7.67. The lowest BCUT2D eigenvalue weighted by molar-refractivity contribution is -0.123. The van der Waals surface area contributed by atoms with Gasteiger partial charge in [0.1, 0.15) is 5.75 Å². The number of carbonyl (C=O) groups is 1. The quantitative estimate of drug-likeness (QED) is 0.833. The number of benzene rings is 1. The molecule has 3 nitrogen and oxygen atoms in total. The molecule has 0 radical (unpaired) electrons. The number of hydrogen-bond donors (Lipinski definition) is 1. The Morgan fingerprint density at radius 3 is 2.95 bits per heavy atom. The monoisotopic (exact) mass is 373 g/mol. The van der Waals surface area contributed by atoms with Crippen molar-refractivity contribution in [3.63, 3.8) is 0 Å². The van der Waals surface area contributed by atoms with E-state index in [1.54, 1.807) is 29.5 Å². The summed E-state index contributed by atoms with van der Waals surface area (Å²) in [5.74, 6) is 0.464. The molecule has 1 amide bonds. The van der Waals surface area contributed by atoms with E-state index in [9.17, 15) is 4.79 Å². The molecule has 0 atom stereocenters. The van der Waals surface area contributed by atoms with Gasteiger partial charge in [-0.25, -0.2) is 0 Å². The number of hydrogen-bond acceptors (Lipinski definition) is 3. The average Bonchev–Trinajstić information content (AvgIpc) is 2.91. The van der Waals surface area contributed by atoms with Crippen LogP contribution in [0.25, 0.3) is 0 Å². The molecule has 2 rings (SSSR count). The van der Waals surface area contributed by atoms with Gasteiger partial charge in [-0.15, -0.1) is 11.3 Å². The lowest BCUT2D eigenvalue weighted by Crippen LogP contribution is -2.30. The van der Waals surface area contributed by atoms with Crippen LogP contribution in [-0.4, -0.2) is 19.1 Å². The van der Waals surface area contributed by atoms with Gasteiger partial charge in [0.25, 0.3) is 5.91 Å². The maximum atomic E-state index is 11.6. The fraction of sp³-hybridized carbons (Fsp3) is 0.214. The molecule has 0 aliphatic rings. The van der Waals surface area contributed by atoms with E-state index in [0.29, 0.717) is 17.3 Å². The molecule has 0 saturated heterocycles. The summed E-state index contributed by atoms with van der Waals surface area (Å²) < 4.78 is 6.16. The van der Waals surface area contributed by atoms with Gasteiger partial charge in [0.05, 0.1) is 4.47 Å². The number of rotatable bonds is 6. The van der Waals surface area contributed by atoms with Crippen molar-refractivity contribution in [3.05, 3.63) is 50.1 Å². The van der Waals surface area contributed by atoms with Crippen LogP contribution in [0.2, 0.25) is 5.02 Å². The molecule has 20 heavy (non-hydrogen) atoms.